The van der Waals surface area contributed by atoms with Crippen LogP contribution < -0.4 is 0 Å². The summed E-state index contributed by atoms with van der Waals surface area (Å²) in [5.41, 5.74) is -0.115. The van der Waals surface area contributed by atoms with Crippen LogP contribution in [0.1, 0.15) is 90.5 Å². The first-order valence-corrected chi connectivity index (χ1v) is 12.7. The molecule has 1 aromatic rings. The number of hydrogen-bond donors (Lipinski definition) is 1. The fourth-order valence-electron chi connectivity index (χ4n) is 8.90. The average Bonchev–Trinajstić information content (AvgIpc) is 3.31. The summed E-state index contributed by atoms with van der Waals surface area (Å²) in [6, 6.07) is 1.96. The Labute approximate surface area is 196 Å². The zero-order valence-corrected chi connectivity index (χ0v) is 20.3. The number of rotatable bonds is 3. The SMILES string of the molecule is CC(=O)O[C@H]1CC[C@@]2(C)[C@H](CC[C@@H]3[C@@H]2CC[C@]2(C)[C@@H](c4ccoc4)[C@@H](OC(C)=O)C[C@]32O)C1. The van der Waals surface area contributed by atoms with Gasteiger partial charge in [-0.25, -0.2) is 0 Å². The summed E-state index contributed by atoms with van der Waals surface area (Å²) in [4.78, 5) is 23.5. The van der Waals surface area contributed by atoms with Crippen LogP contribution in [0.2, 0.25) is 0 Å². The van der Waals surface area contributed by atoms with Gasteiger partial charge in [0.05, 0.1) is 18.1 Å². The lowest BCUT2D eigenvalue weighted by Crippen LogP contribution is -2.62. The topological polar surface area (TPSA) is 86.0 Å². The van der Waals surface area contributed by atoms with Crippen molar-refractivity contribution < 1.29 is 28.6 Å². The minimum absolute atomic E-state index is 0.0272. The molecular weight excluding hydrogens is 420 g/mol. The number of carbonyl (C=O) groups excluding carboxylic acids is 2. The van der Waals surface area contributed by atoms with E-state index in [0.29, 0.717) is 18.3 Å². The van der Waals surface area contributed by atoms with Crippen molar-refractivity contribution in [2.75, 3.05) is 0 Å². The number of carbonyl (C=O) groups is 2. The van der Waals surface area contributed by atoms with Crippen LogP contribution in [0, 0.1) is 28.6 Å². The van der Waals surface area contributed by atoms with Gasteiger partial charge in [0.15, 0.2) is 0 Å². The van der Waals surface area contributed by atoms with Crippen molar-refractivity contribution in [2.24, 2.45) is 28.6 Å². The second-order valence-corrected chi connectivity index (χ2v) is 11.8. The van der Waals surface area contributed by atoms with Gasteiger partial charge in [-0.05, 0) is 79.7 Å². The first kappa shape index (κ1) is 22.9. The Morgan fingerprint density at radius 3 is 2.45 bits per heavy atom. The Morgan fingerprint density at radius 1 is 1.03 bits per heavy atom. The van der Waals surface area contributed by atoms with E-state index >= 15 is 0 Å². The van der Waals surface area contributed by atoms with E-state index in [1.165, 1.54) is 13.8 Å². The Balaban J connectivity index is 1.46. The molecule has 182 valence electrons. The normalized spacial score (nSPS) is 46.6. The zero-order chi connectivity index (χ0) is 23.6. The molecule has 1 N–H and O–H groups in total. The van der Waals surface area contributed by atoms with Crippen molar-refractivity contribution >= 4 is 11.9 Å². The van der Waals surface area contributed by atoms with Crippen LogP contribution in [-0.4, -0.2) is 34.9 Å². The Kier molecular flexibility index (Phi) is 5.47. The number of esters is 2. The maximum Gasteiger partial charge on any atom is 0.302 e. The summed E-state index contributed by atoms with van der Waals surface area (Å²) >= 11 is 0. The van der Waals surface area contributed by atoms with E-state index < -0.39 is 5.60 Å². The van der Waals surface area contributed by atoms with Gasteiger partial charge in [-0.15, -0.1) is 0 Å². The molecule has 6 heteroatoms. The Hall–Kier alpha value is -1.82. The molecule has 4 aliphatic carbocycles. The van der Waals surface area contributed by atoms with Crippen molar-refractivity contribution in [3.05, 3.63) is 24.2 Å². The van der Waals surface area contributed by atoms with Crippen molar-refractivity contribution in [1.29, 1.82) is 0 Å². The molecule has 4 fully saturated rings. The predicted molar refractivity (Wildman–Crippen MR) is 121 cm³/mol. The predicted octanol–water partition coefficient (Wildman–Crippen LogP) is 4.99. The zero-order valence-electron chi connectivity index (χ0n) is 20.3. The third-order valence-corrected chi connectivity index (χ3v) is 10.3. The molecule has 5 rings (SSSR count). The smallest absolute Gasteiger partial charge is 0.302 e. The van der Waals surface area contributed by atoms with Crippen LogP contribution in [0.3, 0.4) is 0 Å². The van der Waals surface area contributed by atoms with Gasteiger partial charge in [-0.3, -0.25) is 9.59 Å². The first-order chi connectivity index (χ1) is 15.6. The Morgan fingerprint density at radius 2 is 1.79 bits per heavy atom. The van der Waals surface area contributed by atoms with Gasteiger partial charge in [0.25, 0.3) is 0 Å². The standard InChI is InChI=1S/C27H38O6/c1-16(28)32-20-7-10-25(3)19(13-20)5-6-22-21(25)8-11-26(4)24(18-9-12-31-15-18)23(33-17(2)29)14-27(22,26)30/h9,12,15,19-24,30H,5-8,10-11,13-14H2,1-4H3/t19-,20+,21+,22-,23+,24+,25+,26-,27+/m1/s1. The van der Waals surface area contributed by atoms with Gasteiger partial charge < -0.3 is 19.0 Å². The van der Waals surface area contributed by atoms with Gasteiger partial charge in [-0.2, -0.15) is 0 Å². The molecule has 0 amide bonds. The third-order valence-electron chi connectivity index (χ3n) is 10.3. The Bertz CT molecular complexity index is 910. The highest BCUT2D eigenvalue weighted by atomic mass is 16.5. The van der Waals surface area contributed by atoms with Crippen molar-refractivity contribution in [1.82, 2.24) is 0 Å². The van der Waals surface area contributed by atoms with Gasteiger partial charge >= 0.3 is 11.9 Å². The number of fused-ring (bicyclic) bond motifs is 5. The highest BCUT2D eigenvalue weighted by Gasteiger charge is 2.70. The van der Waals surface area contributed by atoms with Crippen molar-refractivity contribution in [3.63, 3.8) is 0 Å². The highest BCUT2D eigenvalue weighted by molar-refractivity contribution is 5.66. The van der Waals surface area contributed by atoms with Crippen LogP contribution in [0.15, 0.2) is 23.0 Å². The molecule has 0 saturated heterocycles. The van der Waals surface area contributed by atoms with Crippen LogP contribution in [0.25, 0.3) is 0 Å². The molecule has 1 heterocycles. The quantitative estimate of drug-likeness (QED) is 0.642. The fourth-order valence-corrected chi connectivity index (χ4v) is 8.90. The number of ether oxygens (including phenoxy) is 2. The van der Waals surface area contributed by atoms with E-state index in [2.05, 4.69) is 13.8 Å². The molecular formula is C27H38O6. The molecule has 9 atom stereocenters. The van der Waals surface area contributed by atoms with Crippen LogP contribution >= 0.6 is 0 Å². The van der Waals surface area contributed by atoms with E-state index in [-0.39, 0.29) is 46.8 Å². The van der Waals surface area contributed by atoms with Crippen LogP contribution in [-0.2, 0) is 19.1 Å². The number of aliphatic hydroxyl groups is 1. The highest BCUT2D eigenvalue weighted by Crippen LogP contribution is 2.71. The second kappa shape index (κ2) is 7.86. The molecule has 4 saturated carbocycles. The molecule has 6 nitrogen and oxygen atoms in total. The number of furan rings is 1. The van der Waals surface area contributed by atoms with Crippen molar-refractivity contribution in [3.8, 4) is 0 Å². The minimum Gasteiger partial charge on any atom is -0.472 e. The minimum atomic E-state index is -0.890. The van der Waals surface area contributed by atoms with E-state index in [4.69, 9.17) is 13.9 Å². The summed E-state index contributed by atoms with van der Waals surface area (Å²) in [5.74, 6) is 0.561. The lowest BCUT2D eigenvalue weighted by Gasteiger charge is -2.63. The summed E-state index contributed by atoms with van der Waals surface area (Å²) in [7, 11) is 0. The van der Waals surface area contributed by atoms with E-state index in [0.717, 1.165) is 50.5 Å². The van der Waals surface area contributed by atoms with Crippen LogP contribution in [0.4, 0.5) is 0 Å². The average molecular weight is 459 g/mol. The summed E-state index contributed by atoms with van der Waals surface area (Å²) in [5, 5.41) is 12.5. The van der Waals surface area contributed by atoms with Gasteiger partial charge in [0, 0.05) is 31.6 Å². The van der Waals surface area contributed by atoms with E-state index in [9.17, 15) is 14.7 Å². The lowest BCUT2D eigenvalue weighted by molar-refractivity contribution is -0.207. The van der Waals surface area contributed by atoms with Crippen molar-refractivity contribution in [2.45, 2.75) is 103 Å². The third kappa shape index (κ3) is 3.38. The summed E-state index contributed by atoms with van der Waals surface area (Å²) < 4.78 is 16.8. The molecule has 0 aromatic carbocycles. The van der Waals surface area contributed by atoms with Crippen LogP contribution in [0.5, 0.6) is 0 Å². The molecule has 33 heavy (non-hydrogen) atoms. The second-order valence-electron chi connectivity index (χ2n) is 11.8. The molecule has 0 spiro atoms. The first-order valence-electron chi connectivity index (χ1n) is 12.7. The van der Waals surface area contributed by atoms with Gasteiger partial charge in [0.1, 0.15) is 12.2 Å². The summed E-state index contributed by atoms with van der Waals surface area (Å²) in [6.07, 6.45) is 10.4. The maximum atomic E-state index is 12.5. The number of hydrogen-bond acceptors (Lipinski definition) is 6. The fraction of sp³-hybridized carbons (Fsp3) is 0.778. The van der Waals surface area contributed by atoms with E-state index in [1.54, 1.807) is 12.5 Å². The molecule has 0 aliphatic heterocycles. The molecule has 0 unspecified atom stereocenters. The lowest BCUT2D eigenvalue weighted by atomic mass is 9.43. The summed E-state index contributed by atoms with van der Waals surface area (Å²) in [6.45, 7) is 7.57. The molecule has 0 bridgehead atoms. The van der Waals surface area contributed by atoms with Gasteiger partial charge in [-0.1, -0.05) is 13.8 Å². The monoisotopic (exact) mass is 458 g/mol. The molecule has 0 radical (unpaired) electrons. The maximum absolute atomic E-state index is 12.5. The molecule has 4 aliphatic rings. The van der Waals surface area contributed by atoms with E-state index in [1.807, 2.05) is 6.07 Å². The molecule has 1 aromatic heterocycles. The van der Waals surface area contributed by atoms with Gasteiger partial charge in [0.2, 0.25) is 0 Å². The largest absolute Gasteiger partial charge is 0.472 e.